The molecule has 0 amide bonds. The first kappa shape index (κ1) is 33.4. The second-order valence-corrected chi connectivity index (χ2v) is 13.4. The van der Waals surface area contributed by atoms with Crippen molar-refractivity contribution in [2.45, 2.75) is 0 Å². The van der Waals surface area contributed by atoms with Crippen LogP contribution in [0.5, 0.6) is 0 Å². The summed E-state index contributed by atoms with van der Waals surface area (Å²) in [7, 11) is 45.5. The molecule has 0 aliphatic rings. The highest BCUT2D eigenvalue weighted by Gasteiger charge is 2.24. The van der Waals surface area contributed by atoms with Crippen molar-refractivity contribution < 1.29 is 8.83 Å². The zero-order valence-electron chi connectivity index (χ0n) is 29.1. The smallest absolute Gasteiger partial charge is 0.164 e. The third kappa shape index (κ3) is 4.93. The Hall–Kier alpha value is -6.14. The van der Waals surface area contributed by atoms with Gasteiger partial charge in [-0.3, -0.25) is 0 Å². The highest BCUT2D eigenvalue weighted by atomic mass is 16.3. The van der Waals surface area contributed by atoms with Crippen molar-refractivity contribution in [2.75, 3.05) is 0 Å². The Bertz CT molecular complexity index is 3250. The van der Waals surface area contributed by atoms with Crippen molar-refractivity contribution >= 4 is 148 Å². The largest absolute Gasteiger partial charge is 0.457 e. The molecular weight excluding hydrogens is 666 g/mol. The number of hydrogen-bond acceptors (Lipinski definition) is 5. The highest BCUT2D eigenvalue weighted by molar-refractivity contribution is 6.68. The lowest BCUT2D eigenvalue weighted by Crippen LogP contribution is -2.47. The highest BCUT2D eigenvalue weighted by Crippen LogP contribution is 2.40. The summed E-state index contributed by atoms with van der Waals surface area (Å²) in [6.07, 6.45) is 0. The van der Waals surface area contributed by atoms with Gasteiger partial charge in [-0.15, -0.1) is 16.4 Å². The monoisotopic (exact) mass is 685 g/mol. The van der Waals surface area contributed by atoms with E-state index in [1.54, 1.807) is 0 Å². The number of para-hydroxylation sites is 1. The van der Waals surface area contributed by atoms with E-state index in [-0.39, 0.29) is 49.4 Å². The van der Waals surface area contributed by atoms with E-state index in [9.17, 15) is 0 Å². The third-order valence-electron chi connectivity index (χ3n) is 10.4. The van der Waals surface area contributed by atoms with Crippen LogP contribution in [0, 0.1) is 0 Å². The summed E-state index contributed by atoms with van der Waals surface area (Å²) in [5.41, 5.74) is 6.86. The zero-order chi connectivity index (χ0) is 37.7. The molecule has 7 aromatic carbocycles. The van der Waals surface area contributed by atoms with Gasteiger partial charge in [-0.1, -0.05) is 119 Å². The van der Waals surface area contributed by atoms with E-state index in [2.05, 4.69) is 0 Å². The number of furan rings is 2. The van der Waals surface area contributed by atoms with Gasteiger partial charge in [-0.05, 0) is 34.0 Å². The molecule has 3 heterocycles. The van der Waals surface area contributed by atoms with Gasteiger partial charge < -0.3 is 8.83 Å². The quantitative estimate of drug-likeness (QED) is 0.267. The Morgan fingerprint density at radius 2 is 0.873 bits per heavy atom. The average Bonchev–Trinajstić information content (AvgIpc) is 3.81. The summed E-state index contributed by atoms with van der Waals surface area (Å²) in [4.78, 5) is 15.3. The predicted molar refractivity (Wildman–Crippen MR) is 231 cm³/mol. The molecule has 0 spiro atoms. The van der Waals surface area contributed by atoms with Gasteiger partial charge in [-0.2, -0.15) is 0 Å². The van der Waals surface area contributed by atoms with Crippen LogP contribution in [0.3, 0.4) is 0 Å². The number of benzene rings is 7. The minimum Gasteiger partial charge on any atom is -0.457 e. The van der Waals surface area contributed by atoms with Crippen LogP contribution in [0.4, 0.5) is 0 Å². The molecule has 0 atom stereocenters. The molecular formula is C43H18B7N3O2. The lowest BCUT2D eigenvalue weighted by atomic mass is 9.64. The fourth-order valence-corrected chi connectivity index (χ4v) is 7.69. The molecule has 0 aliphatic heterocycles. The number of nitrogens with zero attached hydrogens (tertiary/aromatic N) is 3. The topological polar surface area (TPSA) is 65.0 Å². The second kappa shape index (κ2) is 12.5. The van der Waals surface area contributed by atoms with E-state index in [4.69, 9.17) is 78.7 Å². The summed E-state index contributed by atoms with van der Waals surface area (Å²) in [5.74, 6) is 1.49. The van der Waals surface area contributed by atoms with E-state index >= 15 is 0 Å². The maximum atomic E-state index is 6.86. The standard InChI is InChI=1S/C43H18B7N3O2/c44-32-29(30-31-33(45)34(46)36(48)38(50)40(31)55-39(30)37(49)35(32)47)22-14-6-13-21-20(22)12-7-15-23(21)42-51-41(19-9-2-1-3-10-19)52-43(53-42)25-16-8-18-27-28(25)24-11-4-5-17-26(24)54-27/h1-18H. The summed E-state index contributed by atoms with van der Waals surface area (Å²) < 4.78 is 12.5. The molecule has 14 radical (unpaired) electrons. The summed E-state index contributed by atoms with van der Waals surface area (Å²) in [6.45, 7) is 0. The van der Waals surface area contributed by atoms with Crippen molar-refractivity contribution in [1.29, 1.82) is 0 Å². The minimum absolute atomic E-state index is 0.115. The Labute approximate surface area is 324 Å². The van der Waals surface area contributed by atoms with E-state index < -0.39 is 0 Å². The number of hydrogen-bond donors (Lipinski definition) is 0. The second-order valence-electron chi connectivity index (χ2n) is 13.4. The predicted octanol–water partition coefficient (Wildman–Crippen LogP) is 3.05. The minimum atomic E-state index is 0.115. The van der Waals surface area contributed by atoms with E-state index in [0.717, 1.165) is 55.0 Å². The molecule has 5 nitrogen and oxygen atoms in total. The molecule has 55 heavy (non-hydrogen) atoms. The van der Waals surface area contributed by atoms with Crippen LogP contribution < -0.4 is 38.2 Å². The fraction of sp³-hybridized carbons (Fsp3) is 0. The van der Waals surface area contributed by atoms with Gasteiger partial charge in [0.2, 0.25) is 0 Å². The van der Waals surface area contributed by atoms with Crippen LogP contribution in [0.2, 0.25) is 0 Å². The van der Waals surface area contributed by atoms with Gasteiger partial charge in [0, 0.05) is 38.2 Å². The maximum Gasteiger partial charge on any atom is 0.164 e. The lowest BCUT2D eigenvalue weighted by molar-refractivity contribution is 0.669. The van der Waals surface area contributed by atoms with Crippen molar-refractivity contribution in [1.82, 2.24) is 15.0 Å². The van der Waals surface area contributed by atoms with E-state index in [1.807, 2.05) is 109 Å². The summed E-state index contributed by atoms with van der Waals surface area (Å²) in [5, 5.41) is 4.52. The molecule has 0 fully saturated rings. The Morgan fingerprint density at radius 3 is 1.64 bits per heavy atom. The fourth-order valence-electron chi connectivity index (χ4n) is 7.69. The molecule has 3 aromatic heterocycles. The van der Waals surface area contributed by atoms with Crippen LogP contribution in [0.15, 0.2) is 118 Å². The number of rotatable bonds is 4. The summed E-state index contributed by atoms with van der Waals surface area (Å²) in [6, 6.07) is 35.5. The molecule has 238 valence electrons. The van der Waals surface area contributed by atoms with Gasteiger partial charge in [0.15, 0.2) is 17.5 Å². The molecule has 0 N–H and O–H groups in total. The van der Waals surface area contributed by atoms with Crippen LogP contribution in [0.25, 0.3) is 99.9 Å². The SMILES string of the molecule is [B]c1c([B])c([B])c2c(oc3c([B])c([B])c([B])c(-c4cccc5c(-c6nc(-c7ccccc7)nc(-c7cccc8oc9ccccc9c78)n6)cccc45)c32)c1[B]. The number of fused-ring (bicyclic) bond motifs is 7. The lowest BCUT2D eigenvalue weighted by Gasteiger charge is -2.19. The van der Waals surface area contributed by atoms with Gasteiger partial charge in [-0.25, -0.2) is 15.0 Å². The molecule has 0 saturated carbocycles. The Morgan fingerprint density at radius 1 is 0.345 bits per heavy atom. The molecule has 0 aliphatic carbocycles. The van der Waals surface area contributed by atoms with Crippen molar-refractivity contribution in [3.63, 3.8) is 0 Å². The molecule has 0 unspecified atom stereocenters. The first-order chi connectivity index (χ1) is 26.7. The Balaban J connectivity index is 1.26. The van der Waals surface area contributed by atoms with Crippen LogP contribution >= 0.6 is 0 Å². The maximum absolute atomic E-state index is 6.86. The normalized spacial score (nSPS) is 11.8. The van der Waals surface area contributed by atoms with Gasteiger partial charge in [0.05, 0.1) is 0 Å². The van der Waals surface area contributed by atoms with E-state index in [0.29, 0.717) is 33.8 Å². The summed E-state index contributed by atoms with van der Waals surface area (Å²) >= 11 is 0. The van der Waals surface area contributed by atoms with Crippen molar-refractivity contribution in [3.8, 4) is 45.3 Å². The number of aromatic nitrogens is 3. The zero-order valence-corrected chi connectivity index (χ0v) is 29.1. The average molecular weight is 684 g/mol. The molecule has 10 rings (SSSR count). The molecule has 10 aromatic rings. The molecule has 12 heteroatoms. The van der Waals surface area contributed by atoms with Crippen molar-refractivity contribution in [2.24, 2.45) is 0 Å². The Kier molecular flexibility index (Phi) is 7.57. The van der Waals surface area contributed by atoms with Gasteiger partial charge >= 0.3 is 0 Å². The molecule has 0 bridgehead atoms. The van der Waals surface area contributed by atoms with Crippen LogP contribution in [-0.4, -0.2) is 69.9 Å². The molecule has 0 saturated heterocycles. The third-order valence-corrected chi connectivity index (χ3v) is 10.4. The first-order valence-corrected chi connectivity index (χ1v) is 17.4. The first-order valence-electron chi connectivity index (χ1n) is 17.4. The van der Waals surface area contributed by atoms with Gasteiger partial charge in [0.25, 0.3) is 0 Å². The van der Waals surface area contributed by atoms with Crippen LogP contribution in [0.1, 0.15) is 0 Å². The van der Waals surface area contributed by atoms with Crippen molar-refractivity contribution in [3.05, 3.63) is 109 Å². The van der Waals surface area contributed by atoms with E-state index in [1.165, 1.54) is 0 Å². The van der Waals surface area contributed by atoms with Crippen LogP contribution in [-0.2, 0) is 0 Å². The van der Waals surface area contributed by atoms with Gasteiger partial charge in [0.1, 0.15) is 77.3 Å².